The highest BCUT2D eigenvalue weighted by atomic mass is 15.0. The van der Waals surface area contributed by atoms with Gasteiger partial charge in [-0.25, -0.2) is 24.6 Å². The molecule has 5 nitrogen and oxygen atoms in total. The fraction of sp³-hybridized carbons (Fsp3) is 0.233. The Kier molecular flexibility index (Phi) is 6.70. The van der Waals surface area contributed by atoms with Gasteiger partial charge >= 0.3 is 0 Å². The standard InChI is InChI=1S/C43H33N5/c1-44-34-9-5-7-31(22-34)40-46-41(32-8-6-10-35(23-32)45-2)48-42(47-40)39-18-17-36(37-11-3-4-12-38(37)39)30-13-15-33(16-14-30)43-24-27-19-28(25-43)21-29(20-27)26-43/h3-18,22-23,27-29H,19-21,24-26H2. The summed E-state index contributed by atoms with van der Waals surface area (Å²) < 4.78 is 0. The predicted molar refractivity (Wildman–Crippen MR) is 191 cm³/mol. The van der Waals surface area contributed by atoms with Gasteiger partial charge in [0.1, 0.15) is 0 Å². The molecule has 5 heteroatoms. The lowest BCUT2D eigenvalue weighted by molar-refractivity contribution is -0.00518. The van der Waals surface area contributed by atoms with Crippen LogP contribution in [-0.4, -0.2) is 15.0 Å². The highest BCUT2D eigenvalue weighted by molar-refractivity contribution is 6.04. The van der Waals surface area contributed by atoms with Gasteiger partial charge in [-0.2, -0.15) is 0 Å². The van der Waals surface area contributed by atoms with Crippen LogP contribution < -0.4 is 0 Å². The lowest BCUT2D eigenvalue weighted by Crippen LogP contribution is -2.48. The van der Waals surface area contributed by atoms with E-state index >= 15 is 0 Å². The molecule has 230 valence electrons. The summed E-state index contributed by atoms with van der Waals surface area (Å²) in [5.74, 6) is 4.31. The topological polar surface area (TPSA) is 47.4 Å². The minimum Gasteiger partial charge on any atom is -0.238 e. The molecule has 0 saturated heterocycles. The van der Waals surface area contributed by atoms with E-state index in [1.54, 1.807) is 29.8 Å². The zero-order valence-corrected chi connectivity index (χ0v) is 26.6. The van der Waals surface area contributed by atoms with E-state index < -0.39 is 0 Å². The van der Waals surface area contributed by atoms with Crippen molar-refractivity contribution in [1.29, 1.82) is 0 Å². The second kappa shape index (κ2) is 11.3. The largest absolute Gasteiger partial charge is 0.238 e. The molecule has 1 aromatic heterocycles. The van der Waals surface area contributed by atoms with Gasteiger partial charge in [0.15, 0.2) is 28.8 Å². The van der Waals surface area contributed by atoms with E-state index in [0.717, 1.165) is 45.2 Å². The van der Waals surface area contributed by atoms with Crippen molar-refractivity contribution in [3.63, 3.8) is 0 Å². The van der Waals surface area contributed by atoms with Crippen LogP contribution in [0.3, 0.4) is 0 Å². The molecule has 4 bridgehead atoms. The van der Waals surface area contributed by atoms with Crippen LogP contribution in [0.4, 0.5) is 11.4 Å². The molecule has 48 heavy (non-hydrogen) atoms. The summed E-state index contributed by atoms with van der Waals surface area (Å²) in [5, 5.41) is 2.21. The molecule has 4 fully saturated rings. The summed E-state index contributed by atoms with van der Waals surface area (Å²) in [5.41, 5.74) is 7.78. The fourth-order valence-corrected chi connectivity index (χ4v) is 9.40. The van der Waals surface area contributed by atoms with Crippen LogP contribution in [0, 0.1) is 30.9 Å². The summed E-state index contributed by atoms with van der Waals surface area (Å²) in [7, 11) is 0. The number of hydrogen-bond acceptors (Lipinski definition) is 3. The van der Waals surface area contributed by atoms with Crippen LogP contribution in [0.1, 0.15) is 44.1 Å². The molecular weight excluding hydrogens is 587 g/mol. The Hall–Kier alpha value is -5.65. The maximum Gasteiger partial charge on any atom is 0.187 e. The van der Waals surface area contributed by atoms with Crippen LogP contribution >= 0.6 is 0 Å². The Morgan fingerprint density at radius 3 is 1.54 bits per heavy atom. The monoisotopic (exact) mass is 619 g/mol. The van der Waals surface area contributed by atoms with Gasteiger partial charge in [-0.15, -0.1) is 0 Å². The summed E-state index contributed by atoms with van der Waals surface area (Å²) >= 11 is 0. The molecule has 0 amide bonds. The van der Waals surface area contributed by atoms with Gasteiger partial charge in [0, 0.05) is 16.7 Å². The molecule has 0 unspecified atom stereocenters. The van der Waals surface area contributed by atoms with Gasteiger partial charge in [-0.1, -0.05) is 91.0 Å². The van der Waals surface area contributed by atoms with E-state index in [1.807, 2.05) is 24.3 Å². The predicted octanol–water partition coefficient (Wildman–Crippen LogP) is 11.3. The van der Waals surface area contributed by atoms with E-state index in [2.05, 4.69) is 70.4 Å². The zero-order chi connectivity index (χ0) is 32.2. The van der Waals surface area contributed by atoms with Crippen molar-refractivity contribution in [1.82, 2.24) is 15.0 Å². The smallest absolute Gasteiger partial charge is 0.187 e. The first-order valence-corrected chi connectivity index (χ1v) is 16.9. The number of benzene rings is 5. The van der Waals surface area contributed by atoms with Crippen molar-refractivity contribution >= 4 is 22.1 Å². The van der Waals surface area contributed by atoms with E-state index in [-0.39, 0.29) is 0 Å². The van der Waals surface area contributed by atoms with Gasteiger partial charge in [0.05, 0.1) is 13.1 Å². The molecule has 0 spiro atoms. The quantitative estimate of drug-likeness (QED) is 0.180. The average Bonchev–Trinajstić information content (AvgIpc) is 3.14. The van der Waals surface area contributed by atoms with E-state index in [4.69, 9.17) is 28.1 Å². The highest BCUT2D eigenvalue weighted by Gasteiger charge is 2.51. The van der Waals surface area contributed by atoms with E-state index in [0.29, 0.717) is 34.3 Å². The third-order valence-electron chi connectivity index (χ3n) is 11.1. The number of fused-ring (bicyclic) bond motifs is 1. The normalized spacial score (nSPS) is 22.3. The van der Waals surface area contributed by atoms with Crippen LogP contribution in [0.15, 0.2) is 109 Å². The molecular formula is C43H33N5. The Bertz CT molecular complexity index is 2200. The molecule has 0 aliphatic heterocycles. The molecule has 4 aliphatic carbocycles. The molecule has 0 N–H and O–H groups in total. The fourth-order valence-electron chi connectivity index (χ4n) is 9.40. The van der Waals surface area contributed by atoms with Gasteiger partial charge < -0.3 is 0 Å². The highest BCUT2D eigenvalue weighted by Crippen LogP contribution is 2.60. The van der Waals surface area contributed by atoms with E-state index in [1.165, 1.54) is 49.7 Å². The van der Waals surface area contributed by atoms with Gasteiger partial charge in [-0.05, 0) is 107 Å². The molecule has 4 aliphatic rings. The summed E-state index contributed by atoms with van der Waals surface area (Å²) in [6, 6.07) is 37.0. The first-order valence-electron chi connectivity index (χ1n) is 16.9. The Labute approximate surface area is 281 Å². The molecule has 4 saturated carbocycles. The number of hydrogen-bond donors (Lipinski definition) is 0. The van der Waals surface area contributed by atoms with Crippen LogP contribution in [-0.2, 0) is 5.41 Å². The van der Waals surface area contributed by atoms with Crippen LogP contribution in [0.2, 0.25) is 0 Å². The number of rotatable bonds is 5. The maximum absolute atomic E-state index is 7.53. The second-order valence-electron chi connectivity index (χ2n) is 14.1. The number of aromatic nitrogens is 3. The van der Waals surface area contributed by atoms with Crippen molar-refractivity contribution in [3.05, 3.63) is 138 Å². The first-order chi connectivity index (χ1) is 23.6. The van der Waals surface area contributed by atoms with Crippen LogP contribution in [0.5, 0.6) is 0 Å². The molecule has 0 radical (unpaired) electrons. The van der Waals surface area contributed by atoms with Gasteiger partial charge in [-0.3, -0.25) is 0 Å². The summed E-state index contributed by atoms with van der Waals surface area (Å²) in [4.78, 5) is 22.0. The third-order valence-corrected chi connectivity index (χ3v) is 11.1. The Morgan fingerprint density at radius 2 is 1.00 bits per heavy atom. The van der Waals surface area contributed by atoms with Gasteiger partial charge in [0.25, 0.3) is 0 Å². The van der Waals surface area contributed by atoms with E-state index in [9.17, 15) is 0 Å². The Morgan fingerprint density at radius 1 is 0.500 bits per heavy atom. The SMILES string of the molecule is [C-]#[N+]c1cccc(-c2nc(-c3cccc([N+]#[C-])c3)nc(-c3ccc(-c4ccc(C56CC7CC(CC(C7)C5)C6)cc4)c4ccccc34)n2)c1. The second-order valence-corrected chi connectivity index (χ2v) is 14.1. The van der Waals surface area contributed by atoms with Crippen molar-refractivity contribution in [2.45, 2.75) is 43.9 Å². The lowest BCUT2D eigenvalue weighted by atomic mass is 9.48. The molecule has 6 aromatic rings. The maximum atomic E-state index is 7.53. The van der Waals surface area contributed by atoms with Crippen molar-refractivity contribution in [2.24, 2.45) is 17.8 Å². The molecule has 1 heterocycles. The molecule has 0 atom stereocenters. The Balaban J connectivity index is 1.15. The molecule has 5 aromatic carbocycles. The van der Waals surface area contributed by atoms with Crippen molar-refractivity contribution in [2.75, 3.05) is 0 Å². The molecule has 10 rings (SSSR count). The zero-order valence-electron chi connectivity index (χ0n) is 26.6. The van der Waals surface area contributed by atoms with Gasteiger partial charge in [0.2, 0.25) is 0 Å². The van der Waals surface area contributed by atoms with Crippen molar-refractivity contribution in [3.8, 4) is 45.3 Å². The van der Waals surface area contributed by atoms with Crippen molar-refractivity contribution < 1.29 is 0 Å². The summed E-state index contributed by atoms with van der Waals surface area (Å²) in [6.07, 6.45) is 8.49. The minimum atomic E-state index is 0.385. The lowest BCUT2D eigenvalue weighted by Gasteiger charge is -2.57. The average molecular weight is 620 g/mol. The summed E-state index contributed by atoms with van der Waals surface area (Å²) in [6.45, 7) is 15.1. The minimum absolute atomic E-state index is 0.385. The first kappa shape index (κ1) is 28.6. The number of nitrogens with zero attached hydrogens (tertiary/aromatic N) is 5. The van der Waals surface area contributed by atoms with Crippen LogP contribution in [0.25, 0.3) is 65.8 Å². The third kappa shape index (κ3) is 4.86.